The molecule has 0 bridgehead atoms. The van der Waals surface area contributed by atoms with Crippen molar-refractivity contribution in [2.75, 3.05) is 26.2 Å². The zero-order chi connectivity index (χ0) is 17.1. The van der Waals surface area contributed by atoms with Crippen LogP contribution in [0.4, 0.5) is 0 Å². The van der Waals surface area contributed by atoms with E-state index in [1.807, 2.05) is 18.7 Å². The Morgan fingerprint density at radius 1 is 1.29 bits per heavy atom. The molecule has 0 saturated carbocycles. The normalized spacial score (nSPS) is 12.3. The molecule has 7 nitrogen and oxygen atoms in total. The lowest BCUT2D eigenvalue weighted by atomic mass is 10.4. The molecule has 0 saturated heterocycles. The Bertz CT molecular complexity index is 403. The highest BCUT2D eigenvalue weighted by molar-refractivity contribution is 7.86. The lowest BCUT2D eigenvalue weighted by Crippen LogP contribution is -2.29. The van der Waals surface area contributed by atoms with Gasteiger partial charge in [-0.2, -0.15) is 8.42 Å². The van der Waals surface area contributed by atoms with Crippen LogP contribution in [0.2, 0.25) is 0 Å². The summed E-state index contributed by atoms with van der Waals surface area (Å²) in [7, 11) is -4.29. The average molecular weight is 325 g/mol. The van der Waals surface area contributed by atoms with Crippen LogP contribution in [-0.2, 0) is 19.6 Å². The molecule has 0 aromatic carbocycles. The second-order valence-electron chi connectivity index (χ2n) is 4.29. The van der Waals surface area contributed by atoms with Crippen LogP contribution < -0.4 is 0 Å². The molecule has 126 valence electrons. The van der Waals surface area contributed by atoms with Crippen molar-refractivity contribution in [1.82, 2.24) is 4.90 Å². The first-order chi connectivity index (χ1) is 9.59. The van der Waals surface area contributed by atoms with Crippen LogP contribution in [0.15, 0.2) is 12.2 Å². The molecule has 1 atom stereocenters. The minimum atomic E-state index is -4.29. The van der Waals surface area contributed by atoms with E-state index in [-0.39, 0.29) is 12.4 Å². The SMILES string of the molecule is C=C(C)C(=O)OCC.CCN(CC)CCC(O)S(=O)(=O)O. The quantitative estimate of drug-likeness (QED) is 0.390. The third-order valence-corrected chi connectivity index (χ3v) is 3.48. The van der Waals surface area contributed by atoms with Gasteiger partial charge in [0.25, 0.3) is 10.1 Å². The van der Waals surface area contributed by atoms with E-state index in [9.17, 15) is 13.2 Å². The molecule has 0 heterocycles. The minimum Gasteiger partial charge on any atom is -0.463 e. The number of rotatable bonds is 8. The Labute approximate surface area is 127 Å². The smallest absolute Gasteiger partial charge is 0.333 e. The molecule has 21 heavy (non-hydrogen) atoms. The number of ether oxygens (including phenoxy) is 1. The minimum absolute atomic E-state index is 0.0422. The number of aliphatic hydroxyl groups excluding tert-OH is 1. The molecule has 0 radical (unpaired) electrons. The number of carbonyl (C=O) groups excluding carboxylic acids is 1. The molecule has 0 amide bonds. The first-order valence-electron chi connectivity index (χ1n) is 6.79. The molecule has 8 heteroatoms. The monoisotopic (exact) mass is 325 g/mol. The summed E-state index contributed by atoms with van der Waals surface area (Å²) in [4.78, 5) is 12.4. The van der Waals surface area contributed by atoms with E-state index >= 15 is 0 Å². The van der Waals surface area contributed by atoms with Crippen molar-refractivity contribution in [1.29, 1.82) is 0 Å². The predicted octanol–water partition coefficient (Wildman–Crippen LogP) is 1.05. The van der Waals surface area contributed by atoms with Gasteiger partial charge in [-0.1, -0.05) is 20.4 Å². The molecule has 0 aromatic rings. The number of esters is 1. The molecular formula is C13H27NO6S. The Morgan fingerprint density at radius 3 is 2.00 bits per heavy atom. The van der Waals surface area contributed by atoms with Crippen LogP contribution in [-0.4, -0.2) is 60.6 Å². The van der Waals surface area contributed by atoms with Gasteiger partial charge in [-0.3, -0.25) is 4.55 Å². The van der Waals surface area contributed by atoms with Crippen LogP contribution in [0.3, 0.4) is 0 Å². The van der Waals surface area contributed by atoms with Crippen molar-refractivity contribution in [2.24, 2.45) is 0 Å². The first-order valence-corrected chi connectivity index (χ1v) is 8.29. The van der Waals surface area contributed by atoms with Gasteiger partial charge < -0.3 is 14.7 Å². The number of aliphatic hydroxyl groups is 1. The van der Waals surface area contributed by atoms with Crippen molar-refractivity contribution in [3.05, 3.63) is 12.2 Å². The van der Waals surface area contributed by atoms with E-state index in [1.54, 1.807) is 13.8 Å². The average Bonchev–Trinajstić information content (AvgIpc) is 2.39. The van der Waals surface area contributed by atoms with E-state index < -0.39 is 15.6 Å². The Balaban J connectivity index is 0. The van der Waals surface area contributed by atoms with E-state index in [0.29, 0.717) is 18.7 Å². The van der Waals surface area contributed by atoms with Gasteiger partial charge >= 0.3 is 5.97 Å². The second-order valence-corrected chi connectivity index (χ2v) is 5.86. The maximum Gasteiger partial charge on any atom is 0.333 e. The zero-order valence-corrected chi connectivity index (χ0v) is 14.0. The first kappa shape index (κ1) is 22.3. The summed E-state index contributed by atoms with van der Waals surface area (Å²) in [6, 6.07) is 0. The number of carbonyl (C=O) groups is 1. The predicted molar refractivity (Wildman–Crippen MR) is 81.4 cm³/mol. The fraction of sp³-hybridized carbons (Fsp3) is 0.769. The molecule has 0 spiro atoms. The largest absolute Gasteiger partial charge is 0.463 e. The highest BCUT2D eigenvalue weighted by atomic mass is 32.2. The fourth-order valence-electron chi connectivity index (χ4n) is 1.24. The van der Waals surface area contributed by atoms with Crippen LogP contribution in [0.25, 0.3) is 0 Å². The van der Waals surface area contributed by atoms with E-state index in [0.717, 1.165) is 13.1 Å². The lowest BCUT2D eigenvalue weighted by Gasteiger charge is -2.18. The maximum atomic E-state index is 10.4. The van der Waals surface area contributed by atoms with E-state index in [2.05, 4.69) is 11.3 Å². The summed E-state index contributed by atoms with van der Waals surface area (Å²) in [5.41, 5.74) is -1.21. The summed E-state index contributed by atoms with van der Waals surface area (Å²) < 4.78 is 33.8. The third kappa shape index (κ3) is 12.5. The summed E-state index contributed by atoms with van der Waals surface area (Å²) in [5, 5.41) is 8.96. The van der Waals surface area contributed by atoms with E-state index in [4.69, 9.17) is 9.66 Å². The van der Waals surface area contributed by atoms with E-state index in [1.165, 1.54) is 0 Å². The van der Waals surface area contributed by atoms with Gasteiger partial charge in [0, 0.05) is 18.5 Å². The number of hydrogen-bond donors (Lipinski definition) is 2. The topological polar surface area (TPSA) is 104 Å². The van der Waals surface area contributed by atoms with Crippen LogP contribution in [0.5, 0.6) is 0 Å². The Morgan fingerprint density at radius 2 is 1.76 bits per heavy atom. The Hall–Kier alpha value is -0.960. The van der Waals surface area contributed by atoms with Crippen molar-refractivity contribution in [3.8, 4) is 0 Å². The third-order valence-electron chi connectivity index (χ3n) is 2.55. The van der Waals surface area contributed by atoms with Gasteiger partial charge in [-0.05, 0) is 26.9 Å². The maximum absolute atomic E-state index is 10.4. The molecular weight excluding hydrogens is 298 g/mol. The van der Waals surface area contributed by atoms with Gasteiger partial charge in [-0.25, -0.2) is 4.79 Å². The van der Waals surface area contributed by atoms with Crippen LogP contribution in [0, 0.1) is 0 Å². The summed E-state index contributed by atoms with van der Waals surface area (Å²) >= 11 is 0. The zero-order valence-electron chi connectivity index (χ0n) is 13.2. The van der Waals surface area contributed by atoms with Crippen molar-refractivity contribution >= 4 is 16.1 Å². The highest BCUT2D eigenvalue weighted by Gasteiger charge is 2.19. The lowest BCUT2D eigenvalue weighted by molar-refractivity contribution is -0.138. The summed E-state index contributed by atoms with van der Waals surface area (Å²) in [5.74, 6) is -0.312. The molecule has 0 aliphatic carbocycles. The standard InChI is InChI=1S/C7H17NO4S.C6H10O2/c1-3-8(4-2)6-5-7(9)13(10,11)12;1-4-8-6(7)5(2)3/h7,9H,3-6H2,1-2H3,(H,10,11,12);2,4H2,1,3H3. The van der Waals surface area contributed by atoms with Crippen molar-refractivity contribution in [2.45, 2.75) is 39.6 Å². The van der Waals surface area contributed by atoms with Gasteiger partial charge in [0.2, 0.25) is 0 Å². The molecule has 0 aliphatic heterocycles. The molecule has 0 rings (SSSR count). The highest BCUT2D eigenvalue weighted by Crippen LogP contribution is 2.01. The Kier molecular flexibility index (Phi) is 12.4. The number of nitrogens with zero attached hydrogens (tertiary/aromatic N) is 1. The van der Waals surface area contributed by atoms with Gasteiger partial charge in [-0.15, -0.1) is 0 Å². The summed E-state index contributed by atoms with van der Waals surface area (Å²) in [6.07, 6.45) is 0.0422. The van der Waals surface area contributed by atoms with Crippen molar-refractivity contribution < 1.29 is 27.6 Å². The van der Waals surface area contributed by atoms with Crippen LogP contribution >= 0.6 is 0 Å². The van der Waals surface area contributed by atoms with Crippen molar-refractivity contribution in [3.63, 3.8) is 0 Å². The molecule has 0 fully saturated rings. The fourth-order valence-corrected chi connectivity index (χ4v) is 1.64. The second kappa shape index (κ2) is 11.7. The molecule has 1 unspecified atom stereocenters. The number of hydrogen-bond acceptors (Lipinski definition) is 6. The van der Waals surface area contributed by atoms with Crippen LogP contribution in [0.1, 0.15) is 34.1 Å². The van der Waals surface area contributed by atoms with Gasteiger partial charge in [0.05, 0.1) is 6.61 Å². The molecule has 0 aromatic heterocycles. The summed E-state index contributed by atoms with van der Waals surface area (Å²) in [6.45, 7) is 13.2. The van der Waals surface area contributed by atoms with Gasteiger partial charge in [0.1, 0.15) is 0 Å². The molecule has 0 aliphatic rings. The van der Waals surface area contributed by atoms with Gasteiger partial charge in [0.15, 0.2) is 5.44 Å². The molecule has 2 N–H and O–H groups in total.